The van der Waals surface area contributed by atoms with Crippen molar-refractivity contribution in [2.24, 2.45) is 5.41 Å². The smallest absolute Gasteiger partial charge is 0.0821 e. The number of aliphatic hydroxyl groups is 1. The Morgan fingerprint density at radius 2 is 1.85 bits per heavy atom. The van der Waals surface area contributed by atoms with E-state index in [9.17, 15) is 5.11 Å². The predicted octanol–water partition coefficient (Wildman–Crippen LogP) is 2.60. The molecule has 0 aliphatic carbocycles. The van der Waals surface area contributed by atoms with Crippen LogP contribution in [0.4, 0.5) is 0 Å². The summed E-state index contributed by atoms with van der Waals surface area (Å²) in [6.07, 6.45) is 3.18. The molecule has 1 unspecified atom stereocenters. The van der Waals surface area contributed by atoms with E-state index in [1.165, 1.54) is 12.8 Å². The van der Waals surface area contributed by atoms with Gasteiger partial charge < -0.3 is 9.84 Å². The molecule has 0 fully saturated rings. The highest BCUT2D eigenvalue weighted by Crippen LogP contribution is 2.18. The lowest BCUT2D eigenvalue weighted by Gasteiger charge is -2.25. The van der Waals surface area contributed by atoms with E-state index in [2.05, 4.69) is 6.92 Å². The lowest BCUT2D eigenvalue weighted by Crippen LogP contribution is -2.30. The zero-order valence-electron chi connectivity index (χ0n) is 9.47. The van der Waals surface area contributed by atoms with Gasteiger partial charge in [0, 0.05) is 6.61 Å². The highest BCUT2D eigenvalue weighted by atomic mass is 16.5. The van der Waals surface area contributed by atoms with Gasteiger partial charge in [0.2, 0.25) is 0 Å². The van der Waals surface area contributed by atoms with Gasteiger partial charge in [-0.1, -0.05) is 40.5 Å². The fourth-order valence-electron chi connectivity index (χ4n) is 0.899. The van der Waals surface area contributed by atoms with Gasteiger partial charge in [-0.05, 0) is 11.8 Å². The van der Waals surface area contributed by atoms with E-state index in [1.54, 1.807) is 0 Å². The van der Waals surface area contributed by atoms with Crippen LogP contribution in [0.5, 0.6) is 0 Å². The van der Waals surface area contributed by atoms with Crippen LogP contribution in [-0.2, 0) is 4.74 Å². The summed E-state index contributed by atoms with van der Waals surface area (Å²) in [5.41, 5.74) is -0.0647. The molecule has 0 heterocycles. The zero-order chi connectivity index (χ0) is 10.3. The van der Waals surface area contributed by atoms with Crippen LogP contribution in [-0.4, -0.2) is 24.4 Å². The number of ether oxygens (including phenoxy) is 1. The maximum atomic E-state index is 9.62. The van der Waals surface area contributed by atoms with Gasteiger partial charge in [0.25, 0.3) is 0 Å². The van der Waals surface area contributed by atoms with E-state index in [4.69, 9.17) is 4.74 Å². The molecule has 0 saturated carbocycles. The maximum absolute atomic E-state index is 9.62. The first-order valence-corrected chi connectivity index (χ1v) is 5.24. The number of hydrogen-bond acceptors (Lipinski definition) is 2. The number of rotatable bonds is 6. The molecule has 13 heavy (non-hydrogen) atoms. The van der Waals surface area contributed by atoms with Crippen molar-refractivity contribution in [2.45, 2.75) is 53.1 Å². The molecule has 0 aromatic carbocycles. The molecule has 2 nitrogen and oxygen atoms in total. The van der Waals surface area contributed by atoms with Gasteiger partial charge in [0.15, 0.2) is 0 Å². The first-order valence-electron chi connectivity index (χ1n) is 5.24. The van der Waals surface area contributed by atoms with Crippen LogP contribution in [0.1, 0.15) is 47.0 Å². The zero-order valence-corrected chi connectivity index (χ0v) is 9.47. The van der Waals surface area contributed by atoms with Crippen LogP contribution in [0.15, 0.2) is 0 Å². The SMILES string of the molecule is CCCCCOCC(O)C(C)(C)C. The molecule has 0 aliphatic heterocycles. The van der Waals surface area contributed by atoms with Crippen molar-refractivity contribution in [1.29, 1.82) is 0 Å². The van der Waals surface area contributed by atoms with Crippen LogP contribution in [0.3, 0.4) is 0 Å². The Bertz CT molecular complexity index is 116. The molecule has 0 spiro atoms. The van der Waals surface area contributed by atoms with Gasteiger partial charge in [-0.15, -0.1) is 0 Å². The summed E-state index contributed by atoms with van der Waals surface area (Å²) in [4.78, 5) is 0. The van der Waals surface area contributed by atoms with Crippen molar-refractivity contribution < 1.29 is 9.84 Å². The fraction of sp³-hybridized carbons (Fsp3) is 1.00. The first kappa shape index (κ1) is 12.9. The average molecular weight is 188 g/mol. The van der Waals surface area contributed by atoms with Crippen LogP contribution >= 0.6 is 0 Å². The van der Waals surface area contributed by atoms with Crippen molar-refractivity contribution >= 4 is 0 Å². The third-order valence-corrected chi connectivity index (χ3v) is 2.17. The van der Waals surface area contributed by atoms with Crippen molar-refractivity contribution in [3.05, 3.63) is 0 Å². The Hall–Kier alpha value is -0.0800. The second-order valence-electron chi connectivity index (χ2n) is 4.66. The lowest BCUT2D eigenvalue weighted by molar-refractivity contribution is -0.0211. The normalized spacial score (nSPS) is 14.5. The molecule has 0 rings (SSSR count). The van der Waals surface area contributed by atoms with Crippen molar-refractivity contribution in [3.63, 3.8) is 0 Å². The van der Waals surface area contributed by atoms with E-state index < -0.39 is 0 Å². The van der Waals surface area contributed by atoms with E-state index in [0.717, 1.165) is 13.0 Å². The van der Waals surface area contributed by atoms with E-state index in [1.807, 2.05) is 20.8 Å². The molecule has 0 radical (unpaired) electrons. The second-order valence-corrected chi connectivity index (χ2v) is 4.66. The summed E-state index contributed by atoms with van der Waals surface area (Å²) in [6, 6.07) is 0. The first-order chi connectivity index (χ1) is 5.98. The third-order valence-electron chi connectivity index (χ3n) is 2.17. The monoisotopic (exact) mass is 188 g/mol. The molecule has 1 atom stereocenters. The maximum Gasteiger partial charge on any atom is 0.0821 e. The second kappa shape index (κ2) is 6.39. The molecular formula is C11H24O2. The predicted molar refractivity (Wildman–Crippen MR) is 55.8 cm³/mol. The van der Waals surface area contributed by atoms with Crippen molar-refractivity contribution in [1.82, 2.24) is 0 Å². The summed E-state index contributed by atoms with van der Waals surface area (Å²) in [5, 5.41) is 9.62. The average Bonchev–Trinajstić information content (AvgIpc) is 2.02. The molecule has 1 N–H and O–H groups in total. The molecule has 0 aromatic heterocycles. The molecule has 0 aliphatic rings. The quantitative estimate of drug-likeness (QED) is 0.649. The summed E-state index contributed by atoms with van der Waals surface area (Å²) in [5.74, 6) is 0. The summed E-state index contributed by atoms with van der Waals surface area (Å²) in [6.45, 7) is 9.48. The molecule has 0 aromatic rings. The van der Waals surface area contributed by atoms with Gasteiger partial charge in [0.05, 0.1) is 12.7 Å². The molecule has 2 heteroatoms. The van der Waals surface area contributed by atoms with Gasteiger partial charge in [-0.2, -0.15) is 0 Å². The minimum absolute atomic E-state index is 0.0647. The number of unbranched alkanes of at least 4 members (excludes halogenated alkanes) is 2. The summed E-state index contributed by atoms with van der Waals surface area (Å²) >= 11 is 0. The Morgan fingerprint density at radius 1 is 1.23 bits per heavy atom. The van der Waals surface area contributed by atoms with Crippen molar-refractivity contribution in [2.75, 3.05) is 13.2 Å². The standard InChI is InChI=1S/C11H24O2/c1-5-6-7-8-13-9-10(12)11(2,3)4/h10,12H,5-9H2,1-4H3. The Kier molecular flexibility index (Phi) is 6.35. The third kappa shape index (κ3) is 7.03. The summed E-state index contributed by atoms with van der Waals surface area (Å²) in [7, 11) is 0. The highest BCUT2D eigenvalue weighted by Gasteiger charge is 2.21. The largest absolute Gasteiger partial charge is 0.390 e. The van der Waals surface area contributed by atoms with E-state index in [0.29, 0.717) is 6.61 Å². The van der Waals surface area contributed by atoms with Gasteiger partial charge in [0.1, 0.15) is 0 Å². The van der Waals surface area contributed by atoms with E-state index in [-0.39, 0.29) is 11.5 Å². The molecule has 0 bridgehead atoms. The Labute approximate surface area is 82.3 Å². The highest BCUT2D eigenvalue weighted by molar-refractivity contribution is 4.71. The molecular weight excluding hydrogens is 164 g/mol. The fourth-order valence-corrected chi connectivity index (χ4v) is 0.899. The molecule has 0 amide bonds. The van der Waals surface area contributed by atoms with Crippen LogP contribution in [0, 0.1) is 5.41 Å². The number of hydrogen-bond donors (Lipinski definition) is 1. The lowest BCUT2D eigenvalue weighted by atomic mass is 9.90. The minimum atomic E-state index is -0.353. The van der Waals surface area contributed by atoms with Crippen LogP contribution < -0.4 is 0 Å². The van der Waals surface area contributed by atoms with Crippen LogP contribution in [0.25, 0.3) is 0 Å². The van der Waals surface area contributed by atoms with E-state index >= 15 is 0 Å². The summed E-state index contributed by atoms with van der Waals surface area (Å²) < 4.78 is 5.37. The topological polar surface area (TPSA) is 29.5 Å². The molecule has 80 valence electrons. The minimum Gasteiger partial charge on any atom is -0.390 e. The van der Waals surface area contributed by atoms with Crippen LogP contribution in [0.2, 0.25) is 0 Å². The Balaban J connectivity index is 3.32. The Morgan fingerprint density at radius 3 is 2.31 bits per heavy atom. The van der Waals surface area contributed by atoms with Gasteiger partial charge in [-0.3, -0.25) is 0 Å². The molecule has 0 saturated heterocycles. The van der Waals surface area contributed by atoms with Gasteiger partial charge in [-0.25, -0.2) is 0 Å². The van der Waals surface area contributed by atoms with Crippen molar-refractivity contribution in [3.8, 4) is 0 Å². The number of aliphatic hydroxyl groups excluding tert-OH is 1. The van der Waals surface area contributed by atoms with Gasteiger partial charge >= 0.3 is 0 Å².